The molecule has 0 spiro atoms. The fourth-order valence-corrected chi connectivity index (χ4v) is 3.48. The molecule has 0 aliphatic heterocycles. The van der Waals surface area contributed by atoms with Crippen LogP contribution in [0.3, 0.4) is 0 Å². The normalized spacial score (nSPS) is 37.3. The summed E-state index contributed by atoms with van der Waals surface area (Å²) in [4.78, 5) is 0. The molecule has 0 saturated heterocycles. The van der Waals surface area contributed by atoms with Crippen LogP contribution in [0.4, 0.5) is 13.2 Å². The first-order chi connectivity index (χ1) is 8.99. The van der Waals surface area contributed by atoms with Crippen molar-refractivity contribution in [1.29, 1.82) is 0 Å². The molecule has 0 aromatic heterocycles. The van der Waals surface area contributed by atoms with Gasteiger partial charge in [0.05, 0.1) is 12.0 Å². The van der Waals surface area contributed by atoms with Crippen molar-refractivity contribution in [1.82, 2.24) is 5.32 Å². The molecule has 2 aliphatic rings. The van der Waals surface area contributed by atoms with Gasteiger partial charge < -0.3 is 10.1 Å². The van der Waals surface area contributed by atoms with E-state index < -0.39 is 12.1 Å². The zero-order chi connectivity index (χ0) is 13.9. The van der Waals surface area contributed by atoms with E-state index in [0.29, 0.717) is 18.9 Å². The van der Waals surface area contributed by atoms with E-state index in [1.165, 1.54) is 0 Å². The second-order valence-corrected chi connectivity index (χ2v) is 5.99. The van der Waals surface area contributed by atoms with E-state index in [2.05, 4.69) is 5.32 Å². The first-order valence-corrected chi connectivity index (χ1v) is 7.34. The van der Waals surface area contributed by atoms with E-state index in [-0.39, 0.29) is 18.6 Å². The van der Waals surface area contributed by atoms with E-state index in [9.17, 15) is 13.2 Å². The molecule has 0 bridgehead atoms. The molecule has 2 fully saturated rings. The minimum absolute atomic E-state index is 0.0287. The van der Waals surface area contributed by atoms with Gasteiger partial charge in [0.15, 0.2) is 0 Å². The molecule has 0 radical (unpaired) electrons. The lowest BCUT2D eigenvalue weighted by molar-refractivity contribution is -0.184. The second-order valence-electron chi connectivity index (χ2n) is 5.99. The Hall–Kier alpha value is -0.290. The quantitative estimate of drug-likeness (QED) is 0.851. The van der Waals surface area contributed by atoms with Crippen LogP contribution in [-0.4, -0.2) is 31.5 Å². The van der Waals surface area contributed by atoms with Crippen LogP contribution in [0.5, 0.6) is 0 Å². The van der Waals surface area contributed by atoms with Crippen LogP contribution >= 0.6 is 0 Å². The van der Waals surface area contributed by atoms with E-state index in [1.807, 2.05) is 0 Å². The van der Waals surface area contributed by atoms with Gasteiger partial charge in [0, 0.05) is 19.2 Å². The number of hydrogen-bond acceptors (Lipinski definition) is 2. The van der Waals surface area contributed by atoms with Gasteiger partial charge in [-0.2, -0.15) is 13.2 Å². The lowest BCUT2D eigenvalue weighted by Gasteiger charge is -2.36. The molecule has 2 saturated carbocycles. The maximum atomic E-state index is 12.8. The summed E-state index contributed by atoms with van der Waals surface area (Å²) < 4.78 is 43.7. The molecule has 2 nitrogen and oxygen atoms in total. The lowest BCUT2D eigenvalue weighted by atomic mass is 9.84. The Bertz CT molecular complexity index is 282. The van der Waals surface area contributed by atoms with Crippen molar-refractivity contribution in [2.24, 2.45) is 5.92 Å². The number of ether oxygens (including phenoxy) is 1. The number of halogens is 3. The van der Waals surface area contributed by atoms with Crippen LogP contribution in [0, 0.1) is 5.92 Å². The van der Waals surface area contributed by atoms with Crippen molar-refractivity contribution in [3.63, 3.8) is 0 Å². The predicted octanol–water partition coefficient (Wildman–Crippen LogP) is 3.65. The Morgan fingerprint density at radius 2 is 1.58 bits per heavy atom. The highest BCUT2D eigenvalue weighted by molar-refractivity contribution is 4.86. The van der Waals surface area contributed by atoms with Gasteiger partial charge in [0.2, 0.25) is 0 Å². The molecule has 0 heterocycles. The van der Waals surface area contributed by atoms with Crippen molar-refractivity contribution >= 4 is 0 Å². The Morgan fingerprint density at radius 1 is 0.947 bits per heavy atom. The third kappa shape index (κ3) is 4.35. The van der Waals surface area contributed by atoms with Crippen molar-refractivity contribution < 1.29 is 17.9 Å². The number of methoxy groups -OCH3 is 1. The summed E-state index contributed by atoms with van der Waals surface area (Å²) in [7, 11) is 1.72. The highest BCUT2D eigenvalue weighted by atomic mass is 19.4. The monoisotopic (exact) mass is 279 g/mol. The largest absolute Gasteiger partial charge is 0.391 e. The van der Waals surface area contributed by atoms with E-state index in [4.69, 9.17) is 4.74 Å². The van der Waals surface area contributed by atoms with Crippen molar-refractivity contribution in [3.8, 4) is 0 Å². The number of rotatable bonds is 3. The summed E-state index contributed by atoms with van der Waals surface area (Å²) in [6.45, 7) is 0. The molecular formula is C14H24F3NO. The van der Waals surface area contributed by atoms with Crippen molar-refractivity contribution in [2.75, 3.05) is 7.11 Å². The number of nitrogens with one attached hydrogen (secondary N) is 1. The lowest BCUT2D eigenvalue weighted by Crippen LogP contribution is -2.46. The minimum Gasteiger partial charge on any atom is -0.381 e. The average Bonchev–Trinajstić information content (AvgIpc) is 2.38. The van der Waals surface area contributed by atoms with Gasteiger partial charge in [-0.15, -0.1) is 0 Å². The summed E-state index contributed by atoms with van der Waals surface area (Å²) in [6.07, 6.45) is 2.52. The first kappa shape index (κ1) is 15.1. The highest BCUT2D eigenvalue weighted by Gasteiger charge is 2.42. The van der Waals surface area contributed by atoms with Crippen LogP contribution in [0.2, 0.25) is 0 Å². The molecule has 4 unspecified atom stereocenters. The topological polar surface area (TPSA) is 21.3 Å². The summed E-state index contributed by atoms with van der Waals surface area (Å²) in [6, 6.07) is 0.358. The predicted molar refractivity (Wildman–Crippen MR) is 68.0 cm³/mol. The fraction of sp³-hybridized carbons (Fsp3) is 1.00. The molecular weight excluding hydrogens is 255 g/mol. The Balaban J connectivity index is 1.82. The molecule has 112 valence electrons. The zero-order valence-corrected chi connectivity index (χ0v) is 11.5. The molecule has 5 heteroatoms. The first-order valence-electron chi connectivity index (χ1n) is 7.34. The van der Waals surface area contributed by atoms with Gasteiger partial charge in [0.25, 0.3) is 0 Å². The van der Waals surface area contributed by atoms with Gasteiger partial charge in [-0.25, -0.2) is 0 Å². The maximum Gasteiger partial charge on any atom is 0.391 e. The standard InChI is InChI=1S/C14H24F3NO/c1-19-13-7-3-6-12(9-13)18-11-5-2-4-10(8-11)14(15,16)17/h10-13,18H,2-9H2,1H3. The van der Waals surface area contributed by atoms with E-state index >= 15 is 0 Å². The van der Waals surface area contributed by atoms with Gasteiger partial charge in [-0.05, 0) is 44.9 Å². The Morgan fingerprint density at radius 3 is 2.21 bits per heavy atom. The second kappa shape index (κ2) is 6.44. The van der Waals surface area contributed by atoms with Crippen LogP contribution in [0.15, 0.2) is 0 Å². The van der Waals surface area contributed by atoms with Crippen LogP contribution in [0.25, 0.3) is 0 Å². The van der Waals surface area contributed by atoms with Crippen LogP contribution < -0.4 is 5.32 Å². The zero-order valence-electron chi connectivity index (χ0n) is 11.5. The molecule has 2 rings (SSSR count). The molecule has 1 N–H and O–H groups in total. The third-order valence-corrected chi connectivity index (χ3v) is 4.57. The van der Waals surface area contributed by atoms with Crippen molar-refractivity contribution in [3.05, 3.63) is 0 Å². The van der Waals surface area contributed by atoms with Crippen LogP contribution in [0.1, 0.15) is 51.4 Å². The van der Waals surface area contributed by atoms with Gasteiger partial charge in [0.1, 0.15) is 0 Å². The minimum atomic E-state index is -4.03. The van der Waals surface area contributed by atoms with Gasteiger partial charge in [-0.1, -0.05) is 6.42 Å². The Labute approximate surface area is 113 Å². The third-order valence-electron chi connectivity index (χ3n) is 4.57. The molecule has 4 atom stereocenters. The number of hydrogen-bond donors (Lipinski definition) is 1. The van der Waals surface area contributed by atoms with Gasteiger partial charge >= 0.3 is 6.18 Å². The van der Waals surface area contributed by atoms with Crippen LogP contribution in [-0.2, 0) is 4.74 Å². The molecule has 2 aliphatic carbocycles. The summed E-state index contributed by atoms with van der Waals surface area (Å²) in [5.74, 6) is -1.11. The Kier molecular flexibility index (Phi) is 5.12. The average molecular weight is 279 g/mol. The summed E-state index contributed by atoms with van der Waals surface area (Å²) in [5.41, 5.74) is 0. The SMILES string of the molecule is COC1CCCC(NC2CCCC(C(F)(F)F)C2)C1. The molecule has 0 aromatic carbocycles. The van der Waals surface area contributed by atoms with E-state index in [1.54, 1.807) is 7.11 Å². The highest BCUT2D eigenvalue weighted by Crippen LogP contribution is 2.38. The van der Waals surface area contributed by atoms with Gasteiger partial charge in [-0.3, -0.25) is 0 Å². The summed E-state index contributed by atoms with van der Waals surface area (Å²) in [5, 5.41) is 3.44. The van der Waals surface area contributed by atoms with E-state index in [0.717, 1.165) is 32.1 Å². The molecule has 19 heavy (non-hydrogen) atoms. The molecule has 0 amide bonds. The summed E-state index contributed by atoms with van der Waals surface area (Å²) >= 11 is 0. The maximum absolute atomic E-state index is 12.8. The number of alkyl halides is 3. The smallest absolute Gasteiger partial charge is 0.381 e. The molecule has 0 aromatic rings. The van der Waals surface area contributed by atoms with Crippen molar-refractivity contribution in [2.45, 2.75) is 75.7 Å². The fourth-order valence-electron chi connectivity index (χ4n) is 3.48.